The SMILES string of the molecule is BrCCOc1ccc(Br)cc1.CC(C)(C)OC(=O)N(CCOc1ccc(B2OC(C)(C)C(C)(C)O2)cc1)C1CC1.CC(C)(C)OC(=O)N(CCOc1ccc(Br)cc1)C1CC1.Oc1ccc(Br)cc1. The molecule has 378 valence electrons. The number of rotatable bonds is 14. The number of halogens is 4. The minimum absolute atomic E-state index is 0.246. The number of hydrogen-bond acceptors (Lipinski definition) is 10. The molecule has 4 aromatic carbocycles. The lowest BCUT2D eigenvalue weighted by molar-refractivity contribution is 0.00578. The summed E-state index contributed by atoms with van der Waals surface area (Å²) in [6, 6.07) is 30.6. The molecular formula is C52H69BBr4N2O10. The highest BCUT2D eigenvalue weighted by atomic mass is 79.9. The van der Waals surface area contributed by atoms with Crippen LogP contribution in [0.5, 0.6) is 23.0 Å². The van der Waals surface area contributed by atoms with Crippen molar-refractivity contribution >= 4 is 88.5 Å². The van der Waals surface area contributed by atoms with Crippen molar-refractivity contribution in [1.29, 1.82) is 0 Å². The van der Waals surface area contributed by atoms with Gasteiger partial charge in [-0.1, -0.05) is 75.9 Å². The molecule has 0 aromatic heterocycles. The maximum Gasteiger partial charge on any atom is 0.494 e. The van der Waals surface area contributed by atoms with Crippen molar-refractivity contribution in [3.8, 4) is 23.0 Å². The normalized spacial score (nSPS) is 15.7. The van der Waals surface area contributed by atoms with Gasteiger partial charge in [0.15, 0.2) is 0 Å². The van der Waals surface area contributed by atoms with E-state index in [0.717, 1.165) is 67.1 Å². The average Bonchev–Trinajstić information content (AvgIpc) is 4.21. The third-order valence-electron chi connectivity index (χ3n) is 10.6. The van der Waals surface area contributed by atoms with Crippen LogP contribution >= 0.6 is 63.7 Å². The van der Waals surface area contributed by atoms with E-state index in [-0.39, 0.29) is 36.5 Å². The van der Waals surface area contributed by atoms with Gasteiger partial charge in [0.1, 0.15) is 47.4 Å². The molecule has 7 rings (SSSR count). The highest BCUT2D eigenvalue weighted by Gasteiger charge is 2.51. The van der Waals surface area contributed by atoms with Crippen LogP contribution in [-0.4, -0.2) is 107 Å². The Labute approximate surface area is 444 Å². The Kier molecular flexibility index (Phi) is 22.6. The second-order valence-corrected chi connectivity index (χ2v) is 23.1. The van der Waals surface area contributed by atoms with E-state index in [1.54, 1.807) is 34.1 Å². The van der Waals surface area contributed by atoms with Gasteiger partial charge in [0.05, 0.1) is 30.9 Å². The standard InChI is InChI=1S/C22H34BNO5.C16H22BrNO3.C8H8Br2O.C6H5BrO/c1-20(2,3)27-19(25)24(17-10-11-17)14-15-26-18-12-8-16(9-13-18)23-28-21(4,5)22(6,7)29-23;1-16(2,3)21-15(19)18(13-6-7-13)10-11-20-14-8-4-12(17)5-9-14;9-5-6-11-8-3-1-7(10)2-4-8;7-5-1-3-6(8)4-2-5/h8-9,12-13,17H,10-11,14-15H2,1-7H3;4-5,8-9,13H,6-7,10-11H2,1-3H3;1-4H,5-6H2;1-4,8H. The van der Waals surface area contributed by atoms with Gasteiger partial charge in [-0.05, 0) is 185 Å². The average molecular weight is 1210 g/mol. The first-order valence-corrected chi connectivity index (χ1v) is 26.7. The van der Waals surface area contributed by atoms with Crippen molar-refractivity contribution in [1.82, 2.24) is 9.80 Å². The minimum atomic E-state index is -0.492. The highest BCUT2D eigenvalue weighted by molar-refractivity contribution is 9.11. The summed E-state index contributed by atoms with van der Waals surface area (Å²) in [5.41, 5.74) is -0.711. The first-order valence-electron chi connectivity index (χ1n) is 23.2. The molecular weight excluding hydrogens is 1140 g/mol. The molecule has 0 unspecified atom stereocenters. The number of aromatic hydroxyl groups is 1. The van der Waals surface area contributed by atoms with Gasteiger partial charge in [0, 0.05) is 30.8 Å². The molecule has 3 aliphatic rings. The molecule has 0 radical (unpaired) electrons. The van der Waals surface area contributed by atoms with Crippen molar-refractivity contribution < 1.29 is 47.7 Å². The number of carbonyl (C=O) groups excluding carboxylic acids is 2. The van der Waals surface area contributed by atoms with Gasteiger partial charge >= 0.3 is 19.3 Å². The molecule has 12 nitrogen and oxygen atoms in total. The van der Waals surface area contributed by atoms with Crippen LogP contribution in [0.15, 0.2) is 110 Å². The van der Waals surface area contributed by atoms with E-state index in [0.29, 0.717) is 44.7 Å². The third kappa shape index (κ3) is 21.8. The molecule has 3 fully saturated rings. The van der Waals surface area contributed by atoms with Crippen LogP contribution in [0.2, 0.25) is 0 Å². The van der Waals surface area contributed by atoms with Crippen LogP contribution < -0.4 is 19.7 Å². The quantitative estimate of drug-likeness (QED) is 0.0963. The Balaban J connectivity index is 0.000000224. The van der Waals surface area contributed by atoms with E-state index < -0.39 is 11.2 Å². The zero-order valence-electron chi connectivity index (χ0n) is 41.6. The molecule has 2 amide bonds. The second-order valence-electron chi connectivity index (χ2n) is 19.6. The van der Waals surface area contributed by atoms with Crippen molar-refractivity contribution in [3.63, 3.8) is 0 Å². The molecule has 0 spiro atoms. The van der Waals surface area contributed by atoms with Gasteiger partial charge in [-0.15, -0.1) is 0 Å². The number of ether oxygens (including phenoxy) is 5. The van der Waals surface area contributed by atoms with Crippen LogP contribution in [0, 0.1) is 0 Å². The lowest BCUT2D eigenvalue weighted by Crippen LogP contribution is -2.41. The molecule has 69 heavy (non-hydrogen) atoms. The Bertz CT molecular complexity index is 2120. The molecule has 1 saturated heterocycles. The fraction of sp³-hybridized carbons (Fsp3) is 0.500. The second kappa shape index (κ2) is 26.8. The highest BCUT2D eigenvalue weighted by Crippen LogP contribution is 2.37. The van der Waals surface area contributed by atoms with Gasteiger partial charge in [-0.3, -0.25) is 0 Å². The lowest BCUT2D eigenvalue weighted by atomic mass is 9.79. The lowest BCUT2D eigenvalue weighted by Gasteiger charge is -2.32. The Morgan fingerprint density at radius 1 is 0.580 bits per heavy atom. The smallest absolute Gasteiger partial charge is 0.494 e. The maximum absolute atomic E-state index is 12.4. The molecule has 0 bridgehead atoms. The Morgan fingerprint density at radius 3 is 1.20 bits per heavy atom. The predicted octanol–water partition coefficient (Wildman–Crippen LogP) is 13.4. The van der Waals surface area contributed by atoms with Gasteiger partial charge in [-0.2, -0.15) is 0 Å². The van der Waals surface area contributed by atoms with Crippen molar-refractivity contribution in [2.24, 2.45) is 0 Å². The fourth-order valence-corrected chi connectivity index (χ4v) is 7.10. The molecule has 1 N–H and O–H groups in total. The molecule has 17 heteroatoms. The molecule has 0 atom stereocenters. The van der Waals surface area contributed by atoms with E-state index >= 15 is 0 Å². The van der Waals surface area contributed by atoms with Gasteiger partial charge < -0.3 is 47.9 Å². The van der Waals surface area contributed by atoms with E-state index in [1.807, 2.05) is 142 Å². The summed E-state index contributed by atoms with van der Waals surface area (Å²) < 4.78 is 43.1. The first kappa shape index (κ1) is 58.1. The number of alkyl halides is 1. The van der Waals surface area contributed by atoms with E-state index in [1.165, 1.54) is 0 Å². The zero-order chi connectivity index (χ0) is 51.0. The fourth-order valence-electron chi connectivity index (χ4n) is 6.14. The minimum Gasteiger partial charge on any atom is -0.508 e. The van der Waals surface area contributed by atoms with Gasteiger partial charge in [0.2, 0.25) is 0 Å². The number of benzene rings is 4. The maximum atomic E-state index is 12.4. The summed E-state index contributed by atoms with van der Waals surface area (Å²) in [7, 11) is -0.383. The molecule has 4 aromatic rings. The van der Waals surface area contributed by atoms with Crippen LogP contribution in [0.4, 0.5) is 9.59 Å². The Morgan fingerprint density at radius 2 is 0.899 bits per heavy atom. The number of amides is 2. The van der Waals surface area contributed by atoms with Crippen LogP contribution in [-0.2, 0) is 18.8 Å². The number of hydrogen-bond donors (Lipinski definition) is 1. The monoisotopic (exact) mass is 1210 g/mol. The number of carbonyl (C=O) groups is 2. The third-order valence-corrected chi connectivity index (χ3v) is 12.5. The number of phenols is 1. The summed E-state index contributed by atoms with van der Waals surface area (Å²) in [5, 5.41) is 9.60. The van der Waals surface area contributed by atoms with Crippen molar-refractivity contribution in [2.45, 2.75) is 129 Å². The molecule has 2 aliphatic carbocycles. The molecule has 2 saturated carbocycles. The van der Waals surface area contributed by atoms with Gasteiger partial charge in [0.25, 0.3) is 0 Å². The molecule has 1 heterocycles. The largest absolute Gasteiger partial charge is 0.508 e. The summed E-state index contributed by atoms with van der Waals surface area (Å²) in [5.74, 6) is 2.77. The predicted molar refractivity (Wildman–Crippen MR) is 288 cm³/mol. The molecule has 1 aliphatic heterocycles. The van der Waals surface area contributed by atoms with Crippen molar-refractivity contribution in [2.75, 3.05) is 38.2 Å². The summed E-state index contributed by atoms with van der Waals surface area (Å²) in [4.78, 5) is 28.1. The summed E-state index contributed by atoms with van der Waals surface area (Å²) in [6.45, 7) is 22.1. The van der Waals surface area contributed by atoms with E-state index in [9.17, 15) is 9.59 Å². The summed E-state index contributed by atoms with van der Waals surface area (Å²) >= 11 is 13.3. The topological polar surface area (TPSA) is 125 Å². The van der Waals surface area contributed by atoms with Crippen molar-refractivity contribution in [3.05, 3.63) is 110 Å². The van der Waals surface area contributed by atoms with Gasteiger partial charge in [-0.25, -0.2) is 9.59 Å². The summed E-state index contributed by atoms with van der Waals surface area (Å²) in [6.07, 6.45) is 3.66. The number of phenolic OH excluding ortho intramolecular Hbond substituents is 1. The van der Waals surface area contributed by atoms with Crippen LogP contribution in [0.25, 0.3) is 0 Å². The Hall–Kier alpha value is -3.48. The first-order chi connectivity index (χ1) is 32.3. The number of nitrogens with zero attached hydrogens (tertiary/aromatic N) is 2. The van der Waals surface area contributed by atoms with Crippen LogP contribution in [0.1, 0.15) is 94.9 Å². The van der Waals surface area contributed by atoms with E-state index in [2.05, 4.69) is 63.7 Å². The van der Waals surface area contributed by atoms with E-state index in [4.69, 9.17) is 38.1 Å². The van der Waals surface area contributed by atoms with Crippen LogP contribution in [0.3, 0.4) is 0 Å². The zero-order valence-corrected chi connectivity index (χ0v) is 47.9.